The number of anilines is 1. The van der Waals surface area contributed by atoms with E-state index in [0.29, 0.717) is 13.0 Å². The lowest BCUT2D eigenvalue weighted by molar-refractivity contribution is -0.117. The summed E-state index contributed by atoms with van der Waals surface area (Å²) in [5, 5.41) is 10.6. The van der Waals surface area contributed by atoms with Crippen molar-refractivity contribution in [1.29, 1.82) is 0 Å². The molecule has 1 amide bonds. The van der Waals surface area contributed by atoms with Crippen molar-refractivity contribution in [2.75, 3.05) is 18.1 Å². The highest BCUT2D eigenvalue weighted by atomic mass is 79.9. The SMILES string of the molecule is CC(C)(CO)Cn1cc(N2CCCC2=O)c2ccc(Br)cc21. The van der Waals surface area contributed by atoms with Gasteiger partial charge < -0.3 is 14.6 Å². The molecule has 1 aromatic heterocycles. The van der Waals surface area contributed by atoms with Gasteiger partial charge in [-0.25, -0.2) is 0 Å². The molecule has 1 saturated heterocycles. The van der Waals surface area contributed by atoms with Gasteiger partial charge in [0.2, 0.25) is 5.91 Å². The fourth-order valence-electron chi connectivity index (χ4n) is 3.01. The van der Waals surface area contributed by atoms with Crippen LogP contribution < -0.4 is 4.90 Å². The lowest BCUT2D eigenvalue weighted by atomic mass is 9.95. The molecule has 0 radical (unpaired) electrons. The Morgan fingerprint density at radius 1 is 1.36 bits per heavy atom. The van der Waals surface area contributed by atoms with Crippen molar-refractivity contribution >= 4 is 38.4 Å². The van der Waals surface area contributed by atoms with Gasteiger partial charge in [0.1, 0.15) is 0 Å². The van der Waals surface area contributed by atoms with Crippen molar-refractivity contribution in [3.05, 3.63) is 28.9 Å². The second-order valence-corrected chi connectivity index (χ2v) is 7.69. The molecule has 0 atom stereocenters. The zero-order valence-corrected chi connectivity index (χ0v) is 14.6. The number of benzene rings is 1. The van der Waals surface area contributed by atoms with E-state index in [1.54, 1.807) is 0 Å². The molecule has 0 unspecified atom stereocenters. The van der Waals surface area contributed by atoms with Gasteiger partial charge in [0, 0.05) is 47.6 Å². The Labute approximate surface area is 138 Å². The minimum absolute atomic E-state index is 0.124. The predicted molar refractivity (Wildman–Crippen MR) is 92.1 cm³/mol. The Morgan fingerprint density at radius 3 is 2.77 bits per heavy atom. The molecule has 22 heavy (non-hydrogen) atoms. The molecular weight excluding hydrogens is 344 g/mol. The summed E-state index contributed by atoms with van der Waals surface area (Å²) in [5.41, 5.74) is 1.87. The fourth-order valence-corrected chi connectivity index (χ4v) is 3.35. The first-order chi connectivity index (χ1) is 10.4. The number of aromatic nitrogens is 1. The molecule has 1 N–H and O–H groups in total. The molecule has 0 saturated carbocycles. The average Bonchev–Trinajstić information content (AvgIpc) is 3.03. The summed E-state index contributed by atoms with van der Waals surface area (Å²) in [7, 11) is 0. The lowest BCUT2D eigenvalue weighted by Gasteiger charge is -2.23. The van der Waals surface area contributed by atoms with Crippen LogP contribution in [0.15, 0.2) is 28.9 Å². The first kappa shape index (κ1) is 15.6. The minimum Gasteiger partial charge on any atom is -0.396 e. The van der Waals surface area contributed by atoms with E-state index in [4.69, 9.17) is 0 Å². The third-order valence-electron chi connectivity index (χ3n) is 4.21. The second kappa shape index (κ2) is 5.70. The number of amides is 1. The summed E-state index contributed by atoms with van der Waals surface area (Å²) in [6, 6.07) is 6.14. The topological polar surface area (TPSA) is 45.5 Å². The van der Waals surface area contributed by atoms with Crippen LogP contribution in [-0.4, -0.2) is 28.7 Å². The monoisotopic (exact) mass is 364 g/mol. The number of aliphatic hydroxyl groups is 1. The highest BCUT2D eigenvalue weighted by Gasteiger charge is 2.26. The Morgan fingerprint density at radius 2 is 2.14 bits per heavy atom. The Balaban J connectivity index is 2.12. The summed E-state index contributed by atoms with van der Waals surface area (Å²) in [4.78, 5) is 14.0. The molecule has 3 rings (SSSR count). The molecule has 0 aliphatic carbocycles. The van der Waals surface area contributed by atoms with Gasteiger partial charge in [-0.05, 0) is 24.6 Å². The Bertz CT molecular complexity index is 721. The second-order valence-electron chi connectivity index (χ2n) is 6.77. The standard InChI is InChI=1S/C17H21BrN2O2/c1-17(2,11-21)10-19-9-15(20-7-3-4-16(20)22)13-6-5-12(18)8-14(13)19/h5-6,8-9,21H,3-4,7,10-11H2,1-2H3. The molecule has 1 aliphatic rings. The summed E-state index contributed by atoms with van der Waals surface area (Å²) in [5.74, 6) is 0.198. The largest absolute Gasteiger partial charge is 0.396 e. The number of hydrogen-bond acceptors (Lipinski definition) is 2. The van der Waals surface area contributed by atoms with E-state index in [9.17, 15) is 9.90 Å². The van der Waals surface area contributed by atoms with Crippen LogP contribution in [0.5, 0.6) is 0 Å². The summed E-state index contributed by atoms with van der Waals surface area (Å²) >= 11 is 3.52. The molecule has 2 heterocycles. The fraction of sp³-hybridized carbons (Fsp3) is 0.471. The van der Waals surface area contributed by atoms with E-state index < -0.39 is 0 Å². The molecule has 1 fully saturated rings. The molecule has 0 bridgehead atoms. The van der Waals surface area contributed by atoms with Crippen LogP contribution in [0, 0.1) is 5.41 Å². The first-order valence-corrected chi connectivity index (χ1v) is 8.40. The van der Waals surface area contributed by atoms with E-state index in [0.717, 1.165) is 34.0 Å². The number of halogens is 1. The highest BCUT2D eigenvalue weighted by molar-refractivity contribution is 9.10. The van der Waals surface area contributed by atoms with Crippen molar-refractivity contribution < 1.29 is 9.90 Å². The van der Waals surface area contributed by atoms with E-state index in [-0.39, 0.29) is 17.9 Å². The van der Waals surface area contributed by atoms with Crippen LogP contribution in [0.2, 0.25) is 0 Å². The normalized spacial score (nSPS) is 16.0. The van der Waals surface area contributed by atoms with Gasteiger partial charge in [-0.15, -0.1) is 0 Å². The zero-order chi connectivity index (χ0) is 15.9. The Kier molecular flexibility index (Phi) is 4.03. The number of carbonyl (C=O) groups excluding carboxylic acids is 1. The van der Waals surface area contributed by atoms with Crippen molar-refractivity contribution in [2.24, 2.45) is 5.41 Å². The minimum atomic E-state index is -0.208. The maximum Gasteiger partial charge on any atom is 0.227 e. The number of nitrogens with zero attached hydrogens (tertiary/aromatic N) is 2. The molecule has 1 aromatic carbocycles. The van der Waals surface area contributed by atoms with Gasteiger partial charge in [0.15, 0.2) is 0 Å². The first-order valence-electron chi connectivity index (χ1n) is 7.61. The van der Waals surface area contributed by atoms with Crippen molar-refractivity contribution in [1.82, 2.24) is 4.57 Å². The molecular formula is C17H21BrN2O2. The number of aliphatic hydroxyl groups excluding tert-OH is 1. The number of hydrogen-bond donors (Lipinski definition) is 1. The van der Waals surface area contributed by atoms with Crippen LogP contribution in [0.25, 0.3) is 10.9 Å². The van der Waals surface area contributed by atoms with Crippen LogP contribution >= 0.6 is 15.9 Å². The molecule has 0 spiro atoms. The van der Waals surface area contributed by atoms with Crippen molar-refractivity contribution in [3.8, 4) is 0 Å². The van der Waals surface area contributed by atoms with Gasteiger partial charge in [0.25, 0.3) is 0 Å². The van der Waals surface area contributed by atoms with Crippen LogP contribution in [0.3, 0.4) is 0 Å². The zero-order valence-electron chi connectivity index (χ0n) is 13.0. The van der Waals surface area contributed by atoms with Gasteiger partial charge in [-0.2, -0.15) is 0 Å². The number of rotatable bonds is 4. The van der Waals surface area contributed by atoms with Gasteiger partial charge in [0.05, 0.1) is 11.2 Å². The molecule has 118 valence electrons. The van der Waals surface area contributed by atoms with Gasteiger partial charge in [-0.3, -0.25) is 4.79 Å². The van der Waals surface area contributed by atoms with Crippen LogP contribution in [-0.2, 0) is 11.3 Å². The number of carbonyl (C=O) groups is 1. The summed E-state index contributed by atoms with van der Waals surface area (Å²) < 4.78 is 3.16. The van der Waals surface area contributed by atoms with E-state index >= 15 is 0 Å². The van der Waals surface area contributed by atoms with E-state index in [2.05, 4.69) is 38.8 Å². The van der Waals surface area contributed by atoms with Gasteiger partial charge in [-0.1, -0.05) is 29.8 Å². The third-order valence-corrected chi connectivity index (χ3v) is 4.71. The summed E-state index contributed by atoms with van der Waals surface area (Å²) in [6.07, 6.45) is 3.60. The van der Waals surface area contributed by atoms with Gasteiger partial charge >= 0.3 is 0 Å². The maximum absolute atomic E-state index is 12.1. The van der Waals surface area contributed by atoms with E-state index in [1.165, 1.54) is 0 Å². The molecule has 2 aromatic rings. The average molecular weight is 365 g/mol. The molecule has 1 aliphatic heterocycles. The van der Waals surface area contributed by atoms with Crippen LogP contribution in [0.4, 0.5) is 5.69 Å². The molecule has 5 heteroatoms. The van der Waals surface area contributed by atoms with Crippen molar-refractivity contribution in [3.63, 3.8) is 0 Å². The smallest absolute Gasteiger partial charge is 0.227 e. The number of fused-ring (bicyclic) bond motifs is 1. The van der Waals surface area contributed by atoms with Crippen LogP contribution in [0.1, 0.15) is 26.7 Å². The third kappa shape index (κ3) is 2.79. The van der Waals surface area contributed by atoms with Crippen molar-refractivity contribution in [2.45, 2.75) is 33.2 Å². The van der Waals surface area contributed by atoms with E-state index in [1.807, 2.05) is 24.8 Å². The molecule has 4 nitrogen and oxygen atoms in total. The maximum atomic E-state index is 12.1. The highest BCUT2D eigenvalue weighted by Crippen LogP contribution is 2.35. The Hall–Kier alpha value is -1.33. The quantitative estimate of drug-likeness (QED) is 0.901. The lowest BCUT2D eigenvalue weighted by Crippen LogP contribution is -2.24. The summed E-state index contributed by atoms with van der Waals surface area (Å²) in [6.45, 7) is 5.70. The predicted octanol–water partition coefficient (Wildman–Crippen LogP) is 3.55.